The normalized spacial score (nSPS) is 10.4. The molecule has 2 rings (SSSR count). The minimum atomic E-state index is -0.140. The van der Waals surface area contributed by atoms with Crippen LogP contribution in [0.25, 0.3) is 0 Å². The Hall–Kier alpha value is -2.62. The van der Waals surface area contributed by atoms with Gasteiger partial charge in [-0.1, -0.05) is 43.2 Å². The van der Waals surface area contributed by atoms with Crippen molar-refractivity contribution in [1.82, 2.24) is 10.2 Å². The summed E-state index contributed by atoms with van der Waals surface area (Å²) in [5.74, 6) is -0.154. The van der Waals surface area contributed by atoms with E-state index in [1.165, 1.54) is 5.56 Å². The molecule has 0 aliphatic rings. The van der Waals surface area contributed by atoms with E-state index < -0.39 is 0 Å². The molecule has 4 nitrogen and oxygen atoms in total. The number of unbranched alkanes of at least 4 members (excludes halogenated alkanes) is 1. The monoisotopic (exact) mass is 338 g/mol. The number of aryl methyl sites for hydroxylation is 1. The Balaban J connectivity index is 1.93. The Morgan fingerprint density at radius 2 is 1.56 bits per heavy atom. The first-order valence-corrected chi connectivity index (χ1v) is 8.70. The highest BCUT2D eigenvalue weighted by atomic mass is 16.2. The van der Waals surface area contributed by atoms with Gasteiger partial charge in [-0.05, 0) is 43.2 Å². The summed E-state index contributed by atoms with van der Waals surface area (Å²) in [5, 5.41) is 2.90. The molecule has 2 amide bonds. The van der Waals surface area contributed by atoms with Crippen LogP contribution in [-0.2, 0) is 6.54 Å². The predicted molar refractivity (Wildman–Crippen MR) is 101 cm³/mol. The van der Waals surface area contributed by atoms with Gasteiger partial charge in [-0.2, -0.15) is 0 Å². The van der Waals surface area contributed by atoms with Crippen LogP contribution in [0.15, 0.2) is 48.5 Å². The fraction of sp³-hybridized carbons (Fsp3) is 0.333. The second-order valence-electron chi connectivity index (χ2n) is 6.33. The highest BCUT2D eigenvalue weighted by molar-refractivity contribution is 5.97. The molecule has 0 unspecified atom stereocenters. The van der Waals surface area contributed by atoms with Gasteiger partial charge in [0.05, 0.1) is 0 Å². The number of benzene rings is 2. The SMILES string of the molecule is CCCCN(C)C(=O)c1ccc(C(=O)NCc2ccc(C)cc2)cc1. The smallest absolute Gasteiger partial charge is 0.253 e. The molecule has 0 bridgehead atoms. The molecule has 0 saturated heterocycles. The summed E-state index contributed by atoms with van der Waals surface area (Å²) in [7, 11) is 1.81. The summed E-state index contributed by atoms with van der Waals surface area (Å²) in [6, 6.07) is 14.9. The van der Waals surface area contributed by atoms with Gasteiger partial charge in [-0.15, -0.1) is 0 Å². The van der Waals surface area contributed by atoms with Crippen LogP contribution in [0.2, 0.25) is 0 Å². The quantitative estimate of drug-likeness (QED) is 0.835. The van der Waals surface area contributed by atoms with Crippen molar-refractivity contribution in [3.63, 3.8) is 0 Å². The van der Waals surface area contributed by atoms with Crippen molar-refractivity contribution >= 4 is 11.8 Å². The van der Waals surface area contributed by atoms with Crippen LogP contribution in [0.3, 0.4) is 0 Å². The van der Waals surface area contributed by atoms with Crippen molar-refractivity contribution in [2.24, 2.45) is 0 Å². The maximum Gasteiger partial charge on any atom is 0.253 e. The lowest BCUT2D eigenvalue weighted by Crippen LogP contribution is -2.28. The zero-order valence-corrected chi connectivity index (χ0v) is 15.2. The van der Waals surface area contributed by atoms with Crippen LogP contribution in [-0.4, -0.2) is 30.3 Å². The number of amides is 2. The average Bonchev–Trinajstić information content (AvgIpc) is 2.65. The third kappa shape index (κ3) is 5.45. The Kier molecular flexibility index (Phi) is 6.75. The second kappa shape index (κ2) is 9.02. The molecule has 0 spiro atoms. The number of rotatable bonds is 7. The second-order valence-corrected chi connectivity index (χ2v) is 6.33. The van der Waals surface area contributed by atoms with Gasteiger partial charge in [0.2, 0.25) is 0 Å². The van der Waals surface area contributed by atoms with Crippen LogP contribution >= 0.6 is 0 Å². The van der Waals surface area contributed by atoms with Gasteiger partial charge < -0.3 is 10.2 Å². The van der Waals surface area contributed by atoms with Gasteiger partial charge in [0, 0.05) is 31.3 Å². The largest absolute Gasteiger partial charge is 0.348 e. The summed E-state index contributed by atoms with van der Waals surface area (Å²) < 4.78 is 0. The summed E-state index contributed by atoms with van der Waals surface area (Å²) in [6.45, 7) is 5.36. The molecule has 0 aromatic heterocycles. The molecule has 0 atom stereocenters. The van der Waals surface area contributed by atoms with Crippen LogP contribution in [0.1, 0.15) is 51.6 Å². The van der Waals surface area contributed by atoms with Crippen molar-refractivity contribution in [3.8, 4) is 0 Å². The molecule has 0 fully saturated rings. The molecule has 0 aliphatic heterocycles. The first kappa shape index (κ1) is 18.7. The highest BCUT2D eigenvalue weighted by Crippen LogP contribution is 2.09. The molecule has 0 aliphatic carbocycles. The van der Waals surface area contributed by atoms with Crippen LogP contribution in [0.5, 0.6) is 0 Å². The lowest BCUT2D eigenvalue weighted by atomic mass is 10.1. The average molecular weight is 338 g/mol. The van der Waals surface area contributed by atoms with Gasteiger partial charge in [0.1, 0.15) is 0 Å². The topological polar surface area (TPSA) is 49.4 Å². The summed E-state index contributed by atoms with van der Waals surface area (Å²) in [5.41, 5.74) is 3.41. The van der Waals surface area contributed by atoms with Crippen LogP contribution < -0.4 is 5.32 Å². The third-order valence-corrected chi connectivity index (χ3v) is 4.16. The van der Waals surface area contributed by atoms with E-state index in [9.17, 15) is 9.59 Å². The van der Waals surface area contributed by atoms with Crippen molar-refractivity contribution in [2.75, 3.05) is 13.6 Å². The molecule has 0 saturated carbocycles. The number of nitrogens with one attached hydrogen (secondary N) is 1. The van der Waals surface area contributed by atoms with Gasteiger partial charge in [-0.3, -0.25) is 9.59 Å². The molecular weight excluding hydrogens is 312 g/mol. The summed E-state index contributed by atoms with van der Waals surface area (Å²) in [6.07, 6.45) is 2.04. The zero-order chi connectivity index (χ0) is 18.2. The van der Waals surface area contributed by atoms with E-state index in [0.717, 1.165) is 24.9 Å². The fourth-order valence-electron chi connectivity index (χ4n) is 2.47. The maximum atomic E-state index is 12.3. The number of carbonyl (C=O) groups excluding carboxylic acids is 2. The van der Waals surface area contributed by atoms with Crippen molar-refractivity contribution in [2.45, 2.75) is 33.2 Å². The first-order chi connectivity index (χ1) is 12.0. The van der Waals surface area contributed by atoms with Crippen molar-refractivity contribution in [3.05, 3.63) is 70.8 Å². The fourth-order valence-corrected chi connectivity index (χ4v) is 2.47. The molecular formula is C21H26N2O2. The summed E-state index contributed by atoms with van der Waals surface area (Å²) in [4.78, 5) is 26.2. The summed E-state index contributed by atoms with van der Waals surface area (Å²) >= 11 is 0. The van der Waals surface area contributed by atoms with E-state index in [-0.39, 0.29) is 11.8 Å². The Morgan fingerprint density at radius 3 is 2.16 bits per heavy atom. The molecule has 1 N–H and O–H groups in total. The molecule has 25 heavy (non-hydrogen) atoms. The van der Waals surface area contributed by atoms with Crippen molar-refractivity contribution < 1.29 is 9.59 Å². The molecule has 0 radical (unpaired) electrons. The van der Waals surface area contributed by atoms with E-state index in [1.807, 2.05) is 31.2 Å². The van der Waals surface area contributed by atoms with E-state index in [0.29, 0.717) is 17.7 Å². The Morgan fingerprint density at radius 1 is 0.960 bits per heavy atom. The van der Waals surface area contributed by atoms with E-state index >= 15 is 0 Å². The minimum Gasteiger partial charge on any atom is -0.348 e. The minimum absolute atomic E-state index is 0.0138. The number of nitrogens with zero attached hydrogens (tertiary/aromatic N) is 1. The third-order valence-electron chi connectivity index (χ3n) is 4.16. The Labute approximate surface area is 149 Å². The molecule has 4 heteroatoms. The van der Waals surface area contributed by atoms with Gasteiger partial charge >= 0.3 is 0 Å². The number of carbonyl (C=O) groups is 2. The van der Waals surface area contributed by atoms with Gasteiger partial charge in [0.25, 0.3) is 11.8 Å². The van der Waals surface area contributed by atoms with Crippen LogP contribution in [0.4, 0.5) is 0 Å². The lowest BCUT2D eigenvalue weighted by molar-refractivity contribution is 0.0792. The highest BCUT2D eigenvalue weighted by Gasteiger charge is 2.12. The van der Waals surface area contributed by atoms with Gasteiger partial charge in [0.15, 0.2) is 0 Å². The molecule has 0 heterocycles. The molecule has 2 aromatic carbocycles. The van der Waals surface area contributed by atoms with E-state index in [4.69, 9.17) is 0 Å². The zero-order valence-electron chi connectivity index (χ0n) is 15.2. The number of hydrogen-bond acceptors (Lipinski definition) is 2. The Bertz CT molecular complexity index is 706. The van der Waals surface area contributed by atoms with E-state index in [2.05, 4.69) is 12.2 Å². The van der Waals surface area contributed by atoms with Crippen molar-refractivity contribution in [1.29, 1.82) is 0 Å². The molecule has 2 aromatic rings. The molecule has 132 valence electrons. The maximum absolute atomic E-state index is 12.3. The van der Waals surface area contributed by atoms with E-state index in [1.54, 1.807) is 36.2 Å². The van der Waals surface area contributed by atoms with Crippen LogP contribution in [0, 0.1) is 6.92 Å². The standard InChI is InChI=1S/C21H26N2O2/c1-4-5-14-23(3)21(25)19-12-10-18(11-13-19)20(24)22-15-17-8-6-16(2)7-9-17/h6-13H,4-5,14-15H2,1-3H3,(H,22,24). The number of hydrogen-bond donors (Lipinski definition) is 1. The lowest BCUT2D eigenvalue weighted by Gasteiger charge is -2.16. The first-order valence-electron chi connectivity index (χ1n) is 8.70. The van der Waals surface area contributed by atoms with Gasteiger partial charge in [-0.25, -0.2) is 0 Å². The predicted octanol–water partition coefficient (Wildman–Crippen LogP) is 3.80.